The van der Waals surface area contributed by atoms with Gasteiger partial charge in [-0.1, -0.05) is 0 Å². The standard InChI is InChI=1S/C12H24N2O3/c1-3-14(7-8-16-4-2)12(15)11-6-5-10(9-13)17-11/h10-11H,3-9,13H2,1-2H3. The summed E-state index contributed by atoms with van der Waals surface area (Å²) in [5.74, 6) is 0.0724. The van der Waals surface area contributed by atoms with Gasteiger partial charge in [0.2, 0.25) is 0 Å². The Balaban J connectivity index is 2.38. The second-order valence-corrected chi connectivity index (χ2v) is 4.17. The summed E-state index contributed by atoms with van der Waals surface area (Å²) < 4.78 is 10.9. The van der Waals surface area contributed by atoms with Crippen molar-refractivity contribution in [2.45, 2.75) is 38.9 Å². The van der Waals surface area contributed by atoms with Crippen molar-refractivity contribution in [3.63, 3.8) is 0 Å². The minimum Gasteiger partial charge on any atom is -0.380 e. The molecule has 0 radical (unpaired) electrons. The van der Waals surface area contributed by atoms with E-state index in [4.69, 9.17) is 15.2 Å². The predicted octanol–water partition coefficient (Wildman–Crippen LogP) is 0.378. The van der Waals surface area contributed by atoms with Gasteiger partial charge in [0.15, 0.2) is 0 Å². The van der Waals surface area contributed by atoms with Crippen molar-refractivity contribution in [3.8, 4) is 0 Å². The zero-order valence-corrected chi connectivity index (χ0v) is 10.9. The Morgan fingerprint density at radius 3 is 2.76 bits per heavy atom. The van der Waals surface area contributed by atoms with Crippen LogP contribution in [0.2, 0.25) is 0 Å². The largest absolute Gasteiger partial charge is 0.380 e. The maximum absolute atomic E-state index is 12.1. The lowest BCUT2D eigenvalue weighted by Crippen LogP contribution is -2.41. The molecule has 0 spiro atoms. The lowest BCUT2D eigenvalue weighted by atomic mass is 10.2. The number of hydrogen-bond acceptors (Lipinski definition) is 4. The van der Waals surface area contributed by atoms with Crippen molar-refractivity contribution in [3.05, 3.63) is 0 Å². The normalized spacial score (nSPS) is 23.9. The minimum absolute atomic E-state index is 0.0505. The monoisotopic (exact) mass is 244 g/mol. The molecule has 1 rings (SSSR count). The van der Waals surface area contributed by atoms with Gasteiger partial charge < -0.3 is 20.1 Å². The van der Waals surface area contributed by atoms with Crippen LogP contribution in [0, 0.1) is 0 Å². The van der Waals surface area contributed by atoms with E-state index in [0.29, 0.717) is 32.8 Å². The maximum atomic E-state index is 12.1. The fraction of sp³-hybridized carbons (Fsp3) is 0.917. The summed E-state index contributed by atoms with van der Waals surface area (Å²) in [6, 6.07) is 0. The fourth-order valence-corrected chi connectivity index (χ4v) is 2.01. The van der Waals surface area contributed by atoms with Crippen LogP contribution in [0.5, 0.6) is 0 Å². The van der Waals surface area contributed by atoms with E-state index in [2.05, 4.69) is 0 Å². The average molecular weight is 244 g/mol. The number of carbonyl (C=O) groups excluding carboxylic acids is 1. The Labute approximate surface area is 103 Å². The van der Waals surface area contributed by atoms with Crippen molar-refractivity contribution in [2.24, 2.45) is 5.73 Å². The number of ether oxygens (including phenoxy) is 2. The van der Waals surface area contributed by atoms with Crippen LogP contribution in [0.4, 0.5) is 0 Å². The Morgan fingerprint density at radius 1 is 1.47 bits per heavy atom. The molecule has 1 fully saturated rings. The highest BCUT2D eigenvalue weighted by atomic mass is 16.5. The SMILES string of the molecule is CCOCCN(CC)C(=O)C1CCC(CN)O1. The molecule has 5 heteroatoms. The second kappa shape index (κ2) is 7.63. The molecule has 1 heterocycles. The van der Waals surface area contributed by atoms with Crippen LogP contribution < -0.4 is 5.73 Å². The first-order chi connectivity index (χ1) is 8.22. The lowest BCUT2D eigenvalue weighted by Gasteiger charge is -2.24. The number of carbonyl (C=O) groups is 1. The van der Waals surface area contributed by atoms with Crippen molar-refractivity contribution in [2.75, 3.05) is 32.8 Å². The molecule has 0 aromatic rings. The molecule has 1 aliphatic rings. The highest BCUT2D eigenvalue weighted by Gasteiger charge is 2.32. The smallest absolute Gasteiger partial charge is 0.251 e. The van der Waals surface area contributed by atoms with Crippen LogP contribution >= 0.6 is 0 Å². The molecule has 1 amide bonds. The van der Waals surface area contributed by atoms with E-state index in [9.17, 15) is 4.79 Å². The van der Waals surface area contributed by atoms with Crippen LogP contribution in [0.25, 0.3) is 0 Å². The lowest BCUT2D eigenvalue weighted by molar-refractivity contribution is -0.143. The van der Waals surface area contributed by atoms with Crippen LogP contribution in [-0.4, -0.2) is 55.9 Å². The molecule has 17 heavy (non-hydrogen) atoms. The highest BCUT2D eigenvalue weighted by molar-refractivity contribution is 5.81. The molecule has 100 valence electrons. The van der Waals surface area contributed by atoms with Gasteiger partial charge in [-0.15, -0.1) is 0 Å². The summed E-state index contributed by atoms with van der Waals surface area (Å²) in [4.78, 5) is 13.9. The van der Waals surface area contributed by atoms with Crippen LogP contribution in [0.15, 0.2) is 0 Å². The summed E-state index contributed by atoms with van der Waals surface area (Å²) in [7, 11) is 0. The van der Waals surface area contributed by atoms with E-state index < -0.39 is 0 Å². The number of likely N-dealkylation sites (N-methyl/N-ethyl adjacent to an activating group) is 1. The van der Waals surface area contributed by atoms with Crippen molar-refractivity contribution in [1.29, 1.82) is 0 Å². The van der Waals surface area contributed by atoms with E-state index in [1.807, 2.05) is 13.8 Å². The zero-order chi connectivity index (χ0) is 12.7. The van der Waals surface area contributed by atoms with Gasteiger partial charge in [0, 0.05) is 26.2 Å². The van der Waals surface area contributed by atoms with E-state index >= 15 is 0 Å². The molecule has 1 aliphatic heterocycles. The van der Waals surface area contributed by atoms with E-state index in [0.717, 1.165) is 12.8 Å². The van der Waals surface area contributed by atoms with Gasteiger partial charge in [-0.05, 0) is 26.7 Å². The van der Waals surface area contributed by atoms with E-state index in [1.54, 1.807) is 4.90 Å². The summed E-state index contributed by atoms with van der Waals surface area (Å²) in [5, 5.41) is 0. The van der Waals surface area contributed by atoms with Gasteiger partial charge >= 0.3 is 0 Å². The molecule has 0 bridgehead atoms. The molecule has 0 aromatic heterocycles. The molecule has 2 unspecified atom stereocenters. The van der Waals surface area contributed by atoms with Gasteiger partial charge in [-0.2, -0.15) is 0 Å². The third-order valence-corrected chi connectivity index (χ3v) is 3.05. The average Bonchev–Trinajstić information content (AvgIpc) is 2.82. The van der Waals surface area contributed by atoms with Gasteiger partial charge in [0.25, 0.3) is 5.91 Å². The predicted molar refractivity (Wildman–Crippen MR) is 65.7 cm³/mol. The van der Waals surface area contributed by atoms with E-state index in [1.165, 1.54) is 0 Å². The second-order valence-electron chi connectivity index (χ2n) is 4.17. The van der Waals surface area contributed by atoms with Crippen molar-refractivity contribution < 1.29 is 14.3 Å². The molecule has 2 atom stereocenters. The zero-order valence-electron chi connectivity index (χ0n) is 10.9. The molecule has 1 saturated heterocycles. The number of rotatable bonds is 7. The number of nitrogens with zero attached hydrogens (tertiary/aromatic N) is 1. The molecule has 5 nitrogen and oxygen atoms in total. The number of amides is 1. The molecule has 0 saturated carbocycles. The maximum Gasteiger partial charge on any atom is 0.251 e. The molecule has 0 aliphatic carbocycles. The topological polar surface area (TPSA) is 64.8 Å². The number of nitrogens with two attached hydrogens (primary N) is 1. The fourth-order valence-electron chi connectivity index (χ4n) is 2.01. The molecular weight excluding hydrogens is 220 g/mol. The van der Waals surface area contributed by atoms with Crippen LogP contribution in [0.1, 0.15) is 26.7 Å². The van der Waals surface area contributed by atoms with E-state index in [-0.39, 0.29) is 18.1 Å². The third kappa shape index (κ3) is 4.26. The Kier molecular flexibility index (Phi) is 6.47. The first-order valence-electron chi connectivity index (χ1n) is 6.44. The summed E-state index contributed by atoms with van der Waals surface area (Å²) in [6.45, 7) is 7.01. The molecular formula is C12H24N2O3. The van der Waals surface area contributed by atoms with Gasteiger partial charge in [-0.3, -0.25) is 4.79 Å². The Hall–Kier alpha value is -0.650. The van der Waals surface area contributed by atoms with Crippen molar-refractivity contribution >= 4 is 5.91 Å². The molecule has 0 aromatic carbocycles. The number of hydrogen-bond donors (Lipinski definition) is 1. The minimum atomic E-state index is -0.301. The Morgan fingerprint density at radius 2 is 2.24 bits per heavy atom. The summed E-state index contributed by atoms with van der Waals surface area (Å²) >= 11 is 0. The van der Waals surface area contributed by atoms with Crippen LogP contribution in [-0.2, 0) is 14.3 Å². The third-order valence-electron chi connectivity index (χ3n) is 3.05. The van der Waals surface area contributed by atoms with Gasteiger partial charge in [0.05, 0.1) is 12.7 Å². The summed E-state index contributed by atoms with van der Waals surface area (Å²) in [5.41, 5.74) is 5.53. The first kappa shape index (κ1) is 14.4. The molecule has 2 N–H and O–H groups in total. The highest BCUT2D eigenvalue weighted by Crippen LogP contribution is 2.20. The van der Waals surface area contributed by atoms with Crippen LogP contribution in [0.3, 0.4) is 0 Å². The van der Waals surface area contributed by atoms with Gasteiger partial charge in [-0.25, -0.2) is 0 Å². The summed E-state index contributed by atoms with van der Waals surface area (Å²) in [6.07, 6.45) is 1.42. The van der Waals surface area contributed by atoms with Crippen molar-refractivity contribution in [1.82, 2.24) is 4.90 Å². The Bertz CT molecular complexity index is 236. The van der Waals surface area contributed by atoms with Gasteiger partial charge in [0.1, 0.15) is 6.10 Å². The first-order valence-corrected chi connectivity index (χ1v) is 6.44. The quantitative estimate of drug-likeness (QED) is 0.657.